The van der Waals surface area contributed by atoms with E-state index in [1.807, 2.05) is 78.4 Å². The van der Waals surface area contributed by atoms with Crippen molar-refractivity contribution in [3.05, 3.63) is 125 Å². The van der Waals surface area contributed by atoms with Crippen molar-refractivity contribution in [1.82, 2.24) is 9.55 Å². The highest BCUT2D eigenvalue weighted by molar-refractivity contribution is 6.12. The SMILES string of the molecule is Cc1ccccc1C(=O)c1nccn1CCCN=C(c1ccccc1)c1ccccc1. The number of benzene rings is 3. The van der Waals surface area contributed by atoms with Crippen LogP contribution in [0.25, 0.3) is 0 Å². The molecule has 0 bridgehead atoms. The molecule has 0 saturated heterocycles. The molecule has 0 aliphatic heterocycles. The number of carbonyl (C=O) groups excluding carboxylic acids is 1. The fourth-order valence-corrected chi connectivity index (χ4v) is 3.62. The number of aromatic nitrogens is 2. The van der Waals surface area contributed by atoms with E-state index in [-0.39, 0.29) is 5.78 Å². The fraction of sp³-hybridized carbons (Fsp3) is 0.148. The number of imidazole rings is 1. The van der Waals surface area contributed by atoms with E-state index in [0.29, 0.717) is 24.5 Å². The number of hydrogen-bond acceptors (Lipinski definition) is 3. The Labute approximate surface area is 182 Å². The third kappa shape index (κ3) is 4.86. The van der Waals surface area contributed by atoms with Gasteiger partial charge in [0.05, 0.1) is 5.71 Å². The molecule has 4 aromatic rings. The summed E-state index contributed by atoms with van der Waals surface area (Å²) in [5.41, 5.74) is 4.85. The third-order valence-electron chi connectivity index (χ3n) is 5.23. The number of ketones is 1. The molecule has 0 amide bonds. The second-order valence-electron chi connectivity index (χ2n) is 7.40. The largest absolute Gasteiger partial charge is 0.328 e. The fourth-order valence-electron chi connectivity index (χ4n) is 3.62. The van der Waals surface area contributed by atoms with Gasteiger partial charge in [0.1, 0.15) is 0 Å². The van der Waals surface area contributed by atoms with Crippen molar-refractivity contribution >= 4 is 11.5 Å². The Bertz CT molecular complexity index is 1140. The van der Waals surface area contributed by atoms with Gasteiger partial charge < -0.3 is 4.57 Å². The molecule has 0 fully saturated rings. The minimum Gasteiger partial charge on any atom is -0.328 e. The Morgan fingerprint density at radius 3 is 2.13 bits per heavy atom. The van der Waals surface area contributed by atoms with E-state index in [0.717, 1.165) is 28.8 Å². The minimum atomic E-state index is -0.0409. The van der Waals surface area contributed by atoms with Gasteiger partial charge in [-0.05, 0) is 18.9 Å². The zero-order valence-electron chi connectivity index (χ0n) is 17.6. The molecule has 0 aliphatic rings. The number of hydrogen-bond donors (Lipinski definition) is 0. The first kappa shape index (κ1) is 20.5. The number of rotatable bonds is 8. The highest BCUT2D eigenvalue weighted by Crippen LogP contribution is 2.14. The molecular weight excluding hydrogens is 382 g/mol. The third-order valence-corrected chi connectivity index (χ3v) is 5.23. The Morgan fingerprint density at radius 1 is 0.871 bits per heavy atom. The van der Waals surface area contributed by atoms with Crippen molar-refractivity contribution in [3.63, 3.8) is 0 Å². The van der Waals surface area contributed by atoms with Gasteiger partial charge in [-0.2, -0.15) is 0 Å². The van der Waals surface area contributed by atoms with Gasteiger partial charge in [-0.15, -0.1) is 0 Å². The second kappa shape index (κ2) is 9.81. The lowest BCUT2D eigenvalue weighted by molar-refractivity contribution is 0.102. The van der Waals surface area contributed by atoms with Crippen LogP contribution < -0.4 is 0 Å². The van der Waals surface area contributed by atoms with E-state index in [2.05, 4.69) is 29.2 Å². The number of nitrogens with zero attached hydrogens (tertiary/aromatic N) is 3. The normalized spacial score (nSPS) is 10.6. The van der Waals surface area contributed by atoms with Gasteiger partial charge in [-0.25, -0.2) is 4.98 Å². The molecule has 0 spiro atoms. The first-order valence-electron chi connectivity index (χ1n) is 10.5. The number of carbonyl (C=O) groups is 1. The molecule has 31 heavy (non-hydrogen) atoms. The molecule has 154 valence electrons. The van der Waals surface area contributed by atoms with Crippen LogP contribution in [-0.2, 0) is 6.54 Å². The average Bonchev–Trinajstić information content (AvgIpc) is 3.29. The highest BCUT2D eigenvalue weighted by atomic mass is 16.1. The zero-order chi connectivity index (χ0) is 21.5. The molecule has 1 heterocycles. The summed E-state index contributed by atoms with van der Waals surface area (Å²) in [6.45, 7) is 3.30. The van der Waals surface area contributed by atoms with Gasteiger partial charge in [0.15, 0.2) is 5.82 Å². The molecule has 3 aromatic carbocycles. The quantitative estimate of drug-likeness (QED) is 0.225. The Kier molecular flexibility index (Phi) is 6.48. The first-order chi connectivity index (χ1) is 15.2. The monoisotopic (exact) mass is 407 g/mol. The highest BCUT2D eigenvalue weighted by Gasteiger charge is 2.16. The van der Waals surface area contributed by atoms with Crippen LogP contribution in [0.2, 0.25) is 0 Å². The van der Waals surface area contributed by atoms with Crippen molar-refractivity contribution in [2.45, 2.75) is 19.9 Å². The summed E-state index contributed by atoms with van der Waals surface area (Å²) in [4.78, 5) is 22.2. The van der Waals surface area contributed by atoms with Crippen LogP contribution in [0.5, 0.6) is 0 Å². The number of aliphatic imine (C=N–C) groups is 1. The molecule has 4 rings (SSSR count). The maximum Gasteiger partial charge on any atom is 0.228 e. The molecule has 0 unspecified atom stereocenters. The smallest absolute Gasteiger partial charge is 0.228 e. The predicted octanol–water partition coefficient (Wildman–Crippen LogP) is 5.35. The van der Waals surface area contributed by atoms with Crippen LogP contribution in [-0.4, -0.2) is 27.6 Å². The van der Waals surface area contributed by atoms with Gasteiger partial charge in [0, 0.05) is 42.2 Å². The van der Waals surface area contributed by atoms with E-state index in [4.69, 9.17) is 4.99 Å². The maximum absolute atomic E-state index is 12.9. The van der Waals surface area contributed by atoms with E-state index in [9.17, 15) is 4.79 Å². The van der Waals surface area contributed by atoms with Crippen molar-refractivity contribution in [1.29, 1.82) is 0 Å². The van der Waals surface area contributed by atoms with Crippen LogP contribution in [0.15, 0.2) is 102 Å². The van der Waals surface area contributed by atoms with Crippen molar-refractivity contribution in [2.24, 2.45) is 4.99 Å². The van der Waals surface area contributed by atoms with Gasteiger partial charge in [-0.3, -0.25) is 9.79 Å². The van der Waals surface area contributed by atoms with Gasteiger partial charge >= 0.3 is 0 Å². The van der Waals surface area contributed by atoms with Crippen molar-refractivity contribution in [3.8, 4) is 0 Å². The van der Waals surface area contributed by atoms with Crippen molar-refractivity contribution < 1.29 is 4.79 Å². The predicted molar refractivity (Wildman–Crippen MR) is 125 cm³/mol. The standard InChI is InChI=1S/C27H25N3O/c1-21-11-8-9-16-24(21)26(31)27-29-18-20-30(27)19-10-17-28-25(22-12-4-2-5-13-22)23-14-6-3-7-15-23/h2-9,11-16,18,20H,10,17,19H2,1H3. The van der Waals surface area contributed by atoms with Crippen LogP contribution in [0.4, 0.5) is 0 Å². The van der Waals surface area contributed by atoms with Crippen LogP contribution in [0.3, 0.4) is 0 Å². The van der Waals surface area contributed by atoms with Gasteiger partial charge in [0.25, 0.3) is 0 Å². The summed E-state index contributed by atoms with van der Waals surface area (Å²) < 4.78 is 1.93. The van der Waals surface area contributed by atoms with Crippen LogP contribution in [0, 0.1) is 6.92 Å². The minimum absolute atomic E-state index is 0.0409. The molecular formula is C27H25N3O. The summed E-state index contributed by atoms with van der Waals surface area (Å²) in [6.07, 6.45) is 4.37. The molecule has 0 atom stereocenters. The Hall–Kier alpha value is -3.79. The average molecular weight is 408 g/mol. The summed E-state index contributed by atoms with van der Waals surface area (Å²) >= 11 is 0. The van der Waals surface area contributed by atoms with E-state index in [1.54, 1.807) is 6.20 Å². The lowest BCUT2D eigenvalue weighted by Crippen LogP contribution is -2.13. The van der Waals surface area contributed by atoms with Gasteiger partial charge in [-0.1, -0.05) is 84.9 Å². The molecule has 0 saturated carbocycles. The first-order valence-corrected chi connectivity index (χ1v) is 10.5. The molecule has 1 aromatic heterocycles. The van der Waals surface area contributed by atoms with E-state index >= 15 is 0 Å². The lowest BCUT2D eigenvalue weighted by Gasteiger charge is -2.10. The summed E-state index contributed by atoms with van der Waals surface area (Å²) in [5.74, 6) is 0.436. The molecule has 4 heteroatoms. The number of aryl methyl sites for hydroxylation is 2. The van der Waals surface area contributed by atoms with Crippen molar-refractivity contribution in [2.75, 3.05) is 6.54 Å². The zero-order valence-corrected chi connectivity index (χ0v) is 17.6. The maximum atomic E-state index is 12.9. The summed E-state index contributed by atoms with van der Waals surface area (Å²) in [6, 6.07) is 28.1. The van der Waals surface area contributed by atoms with Gasteiger partial charge in [0.2, 0.25) is 5.78 Å². The molecule has 4 nitrogen and oxygen atoms in total. The van der Waals surface area contributed by atoms with E-state index in [1.165, 1.54) is 0 Å². The lowest BCUT2D eigenvalue weighted by atomic mass is 10.0. The Balaban J connectivity index is 1.48. The molecule has 0 N–H and O–H groups in total. The molecule has 0 radical (unpaired) electrons. The second-order valence-corrected chi connectivity index (χ2v) is 7.40. The van der Waals surface area contributed by atoms with Crippen LogP contribution >= 0.6 is 0 Å². The summed E-state index contributed by atoms with van der Waals surface area (Å²) in [5, 5.41) is 0. The Morgan fingerprint density at radius 2 is 1.48 bits per heavy atom. The molecule has 0 aliphatic carbocycles. The van der Waals surface area contributed by atoms with Crippen LogP contribution in [0.1, 0.15) is 39.3 Å². The van der Waals surface area contributed by atoms with E-state index < -0.39 is 0 Å². The summed E-state index contributed by atoms with van der Waals surface area (Å²) in [7, 11) is 0. The topological polar surface area (TPSA) is 47.2 Å².